The molecule has 0 aliphatic rings. The lowest BCUT2D eigenvalue weighted by Crippen LogP contribution is -2.50. The minimum Gasteiger partial charge on any atom is -0.481 e. The van der Waals surface area contributed by atoms with Gasteiger partial charge in [0.1, 0.15) is 0 Å². The van der Waals surface area contributed by atoms with Gasteiger partial charge in [-0.25, -0.2) is 0 Å². The van der Waals surface area contributed by atoms with E-state index < -0.39 is 17.9 Å². The van der Waals surface area contributed by atoms with Crippen LogP contribution in [0.15, 0.2) is 12.2 Å². The van der Waals surface area contributed by atoms with Crippen molar-refractivity contribution in [3.63, 3.8) is 0 Å². The summed E-state index contributed by atoms with van der Waals surface area (Å²) in [5.74, 6) is -2.34. The third-order valence-corrected chi connectivity index (χ3v) is 7.70. The average Bonchev–Trinajstić information content (AvgIpc) is 2.89. The van der Waals surface area contributed by atoms with Crippen LogP contribution in [-0.4, -0.2) is 63.9 Å². The topological polar surface area (TPSA) is 112 Å². The van der Waals surface area contributed by atoms with E-state index in [1.54, 1.807) is 0 Å². The lowest BCUT2D eigenvalue weighted by molar-refractivity contribution is -0.923. The van der Waals surface area contributed by atoms with Gasteiger partial charge in [-0.05, 0) is 57.4 Å². The minimum absolute atomic E-state index is 0.160. The summed E-state index contributed by atoms with van der Waals surface area (Å²) in [7, 11) is 0. The van der Waals surface area contributed by atoms with E-state index in [9.17, 15) is 14.4 Å². The van der Waals surface area contributed by atoms with Crippen LogP contribution >= 0.6 is 0 Å². The maximum Gasteiger partial charge on any atom is 0.303 e. The molecule has 0 atom stereocenters. The van der Waals surface area contributed by atoms with Crippen molar-refractivity contribution in [3.8, 4) is 0 Å². The summed E-state index contributed by atoms with van der Waals surface area (Å²) in [4.78, 5) is 32.9. The van der Waals surface area contributed by atoms with Gasteiger partial charge < -0.3 is 19.8 Å². The molecule has 7 nitrogen and oxygen atoms in total. The van der Waals surface area contributed by atoms with Crippen LogP contribution in [0.25, 0.3) is 0 Å². The Labute approximate surface area is 238 Å². The predicted molar refractivity (Wildman–Crippen MR) is 159 cm³/mol. The monoisotopic (exact) mass is 554 g/mol. The van der Waals surface area contributed by atoms with Gasteiger partial charge in [0, 0.05) is 19.3 Å². The van der Waals surface area contributed by atoms with E-state index in [1.807, 2.05) is 0 Å². The first-order valence-electron chi connectivity index (χ1n) is 16.0. The minimum atomic E-state index is -0.779. The Morgan fingerprint density at radius 3 is 1.21 bits per heavy atom. The maximum absolute atomic E-state index is 11.0. The molecule has 228 valence electrons. The number of carboxylic acid groups (broad SMARTS) is 3. The van der Waals surface area contributed by atoms with Crippen molar-refractivity contribution in [2.24, 2.45) is 0 Å². The van der Waals surface area contributed by atoms with Crippen LogP contribution in [0.2, 0.25) is 0 Å². The van der Waals surface area contributed by atoms with Gasteiger partial charge >= 0.3 is 17.9 Å². The second-order valence-corrected chi connectivity index (χ2v) is 11.4. The van der Waals surface area contributed by atoms with Gasteiger partial charge in [-0.2, -0.15) is 0 Å². The molecule has 0 saturated carbocycles. The van der Waals surface area contributed by atoms with Gasteiger partial charge in [-0.15, -0.1) is 0 Å². The SMILES string of the molecule is CCCCCCCCCCCCCC/C=C/C[N+](CCCCC(=O)O)(CCCCC(=O)O)CCCCC(=O)O. The number of unbranched alkanes of at least 4 members (excludes halogenated alkanes) is 15. The van der Waals surface area contributed by atoms with Gasteiger partial charge in [0.25, 0.3) is 0 Å². The summed E-state index contributed by atoms with van der Waals surface area (Å²) < 4.78 is 0.786. The zero-order chi connectivity index (χ0) is 29.0. The fourth-order valence-electron chi connectivity index (χ4n) is 5.30. The quantitative estimate of drug-likeness (QED) is 0.0468. The number of carboxylic acids is 3. The molecular formula is C32H60NO6+. The van der Waals surface area contributed by atoms with Gasteiger partial charge in [0.2, 0.25) is 0 Å². The first-order valence-corrected chi connectivity index (χ1v) is 16.0. The summed E-state index contributed by atoms with van der Waals surface area (Å²) in [6.45, 7) is 5.63. The van der Waals surface area contributed by atoms with Crippen molar-refractivity contribution >= 4 is 17.9 Å². The molecule has 0 heterocycles. The van der Waals surface area contributed by atoms with E-state index in [0.717, 1.165) is 56.3 Å². The highest BCUT2D eigenvalue weighted by atomic mass is 16.4. The zero-order valence-electron chi connectivity index (χ0n) is 25.1. The smallest absolute Gasteiger partial charge is 0.303 e. The Balaban J connectivity index is 4.57. The standard InChI is InChI=1S/C32H59NO6/c1-2-3-4-5-6-7-8-9-10-11-12-13-14-15-19-26-33(27-20-16-23-30(34)35,28-21-17-24-31(36)37)29-22-18-25-32(38)39/h15,19H,2-14,16-18,20-29H2,1H3,(H2-,34,35,36,37,38,39)/p+1/b19-15+. The fourth-order valence-corrected chi connectivity index (χ4v) is 5.30. The highest BCUT2D eigenvalue weighted by Crippen LogP contribution is 2.18. The van der Waals surface area contributed by atoms with E-state index in [4.69, 9.17) is 15.3 Å². The molecule has 0 aromatic rings. The highest BCUT2D eigenvalue weighted by molar-refractivity contribution is 5.67. The molecule has 0 aromatic carbocycles. The summed E-state index contributed by atoms with van der Waals surface area (Å²) in [6.07, 6.45) is 26.4. The molecule has 0 radical (unpaired) electrons. The molecule has 0 aliphatic heterocycles. The maximum atomic E-state index is 11.0. The molecule has 3 N–H and O–H groups in total. The number of quaternary nitrogens is 1. The Morgan fingerprint density at radius 2 is 0.846 bits per heavy atom. The lowest BCUT2D eigenvalue weighted by atomic mass is 10.0. The molecule has 0 saturated heterocycles. The van der Waals surface area contributed by atoms with Crippen LogP contribution in [0.5, 0.6) is 0 Å². The van der Waals surface area contributed by atoms with Gasteiger partial charge in [0.05, 0.1) is 26.2 Å². The first kappa shape index (κ1) is 37.1. The van der Waals surface area contributed by atoms with Crippen molar-refractivity contribution in [3.05, 3.63) is 12.2 Å². The normalized spacial score (nSPS) is 11.8. The number of allylic oxidation sites excluding steroid dienone is 1. The third kappa shape index (κ3) is 26.1. The second-order valence-electron chi connectivity index (χ2n) is 11.4. The molecule has 0 amide bonds. The summed E-state index contributed by atoms with van der Waals surface area (Å²) in [5, 5.41) is 27.1. The summed E-state index contributed by atoms with van der Waals surface area (Å²) in [5.41, 5.74) is 0. The Kier molecular flexibility index (Phi) is 25.1. The number of aliphatic carboxylic acids is 3. The number of nitrogens with zero attached hydrogens (tertiary/aromatic N) is 1. The molecule has 0 aliphatic carbocycles. The Bertz CT molecular complexity index is 594. The molecule has 7 heteroatoms. The van der Waals surface area contributed by atoms with E-state index >= 15 is 0 Å². The highest BCUT2D eigenvalue weighted by Gasteiger charge is 2.25. The van der Waals surface area contributed by atoms with E-state index in [-0.39, 0.29) is 19.3 Å². The average molecular weight is 555 g/mol. The number of hydrogen-bond acceptors (Lipinski definition) is 3. The zero-order valence-corrected chi connectivity index (χ0v) is 25.1. The Hall–Kier alpha value is -1.89. The molecule has 0 unspecified atom stereocenters. The van der Waals surface area contributed by atoms with Crippen LogP contribution in [-0.2, 0) is 14.4 Å². The van der Waals surface area contributed by atoms with Crippen molar-refractivity contribution in [1.82, 2.24) is 0 Å². The number of hydrogen-bond donors (Lipinski definition) is 3. The Morgan fingerprint density at radius 1 is 0.487 bits per heavy atom. The van der Waals surface area contributed by atoms with E-state index in [1.165, 1.54) is 77.0 Å². The third-order valence-electron chi connectivity index (χ3n) is 7.70. The molecule has 0 rings (SSSR count). The van der Waals surface area contributed by atoms with Gasteiger partial charge in [-0.1, -0.05) is 83.6 Å². The summed E-state index contributed by atoms with van der Waals surface area (Å²) in [6, 6.07) is 0. The van der Waals surface area contributed by atoms with Crippen molar-refractivity contribution in [2.75, 3.05) is 26.2 Å². The molecule has 0 fully saturated rings. The first-order chi connectivity index (χ1) is 18.8. The van der Waals surface area contributed by atoms with Crippen LogP contribution in [0.1, 0.15) is 148 Å². The van der Waals surface area contributed by atoms with Crippen molar-refractivity contribution in [1.29, 1.82) is 0 Å². The van der Waals surface area contributed by atoms with Crippen LogP contribution in [0.3, 0.4) is 0 Å². The lowest BCUT2D eigenvalue weighted by Gasteiger charge is -2.38. The molecule has 0 bridgehead atoms. The second kappa shape index (κ2) is 26.3. The van der Waals surface area contributed by atoms with Crippen molar-refractivity contribution < 1.29 is 34.2 Å². The molecule has 0 spiro atoms. The molecule has 0 aromatic heterocycles. The fraction of sp³-hybridized carbons (Fsp3) is 0.844. The van der Waals surface area contributed by atoms with Crippen molar-refractivity contribution in [2.45, 2.75) is 148 Å². The van der Waals surface area contributed by atoms with Crippen LogP contribution in [0, 0.1) is 0 Å². The van der Waals surface area contributed by atoms with E-state index in [0.29, 0.717) is 19.3 Å². The van der Waals surface area contributed by atoms with E-state index in [2.05, 4.69) is 19.1 Å². The van der Waals surface area contributed by atoms with Gasteiger partial charge in [0.15, 0.2) is 0 Å². The van der Waals surface area contributed by atoms with Crippen LogP contribution < -0.4 is 0 Å². The van der Waals surface area contributed by atoms with Gasteiger partial charge in [-0.3, -0.25) is 14.4 Å². The predicted octanol–water partition coefficient (Wildman–Crippen LogP) is 8.22. The number of rotatable bonds is 30. The number of carbonyl (C=O) groups is 3. The summed E-state index contributed by atoms with van der Waals surface area (Å²) >= 11 is 0. The largest absolute Gasteiger partial charge is 0.481 e. The molecule has 39 heavy (non-hydrogen) atoms. The van der Waals surface area contributed by atoms with Crippen LogP contribution in [0.4, 0.5) is 0 Å². The molecular weight excluding hydrogens is 494 g/mol.